The lowest BCUT2D eigenvalue weighted by Gasteiger charge is -2.34. The molecule has 1 amide bonds. The lowest BCUT2D eigenvalue weighted by atomic mass is 10.2. The highest BCUT2D eigenvalue weighted by atomic mass is 16.5. The molecule has 1 aliphatic heterocycles. The van der Waals surface area contributed by atoms with E-state index in [1.54, 1.807) is 7.11 Å². The molecule has 3 heterocycles. The van der Waals surface area contributed by atoms with Crippen LogP contribution in [0, 0.1) is 0 Å². The van der Waals surface area contributed by atoms with Gasteiger partial charge in [0.2, 0.25) is 29.3 Å². The Morgan fingerprint density at radius 1 is 0.861 bits per heavy atom. The van der Waals surface area contributed by atoms with Gasteiger partial charge in [0.05, 0.1) is 13.7 Å². The van der Waals surface area contributed by atoms with Crippen LogP contribution >= 0.6 is 0 Å². The second kappa shape index (κ2) is 11.1. The minimum absolute atomic E-state index is 0.150. The topological polar surface area (TPSA) is 111 Å². The van der Waals surface area contributed by atoms with Gasteiger partial charge in [-0.05, 0) is 30.7 Å². The van der Waals surface area contributed by atoms with E-state index in [9.17, 15) is 4.79 Å². The van der Waals surface area contributed by atoms with Gasteiger partial charge in [-0.25, -0.2) is 0 Å². The molecule has 0 radical (unpaired) electrons. The number of methoxy groups -OCH3 is 1. The van der Waals surface area contributed by atoms with Gasteiger partial charge in [-0.2, -0.15) is 9.97 Å². The van der Waals surface area contributed by atoms with E-state index in [0.29, 0.717) is 62.3 Å². The highest BCUT2D eigenvalue weighted by Crippen LogP contribution is 2.20. The van der Waals surface area contributed by atoms with Gasteiger partial charge in [0, 0.05) is 50.1 Å². The average molecular weight is 489 g/mol. The van der Waals surface area contributed by atoms with Gasteiger partial charge in [-0.1, -0.05) is 40.6 Å². The molecular weight excluding hydrogens is 460 g/mol. The summed E-state index contributed by atoms with van der Waals surface area (Å²) < 4.78 is 16.0. The summed E-state index contributed by atoms with van der Waals surface area (Å²) in [7, 11) is 1.63. The monoisotopic (exact) mass is 488 g/mol. The standard InChI is InChI=1S/C26H28N6O4/c1-34-21-12-10-20(11-13-21)26-28-23(36-30-26)18-31-14-16-32(17-15-31)24(33)9-5-8-22-27-25(29-35-22)19-6-3-2-4-7-19/h2-4,6-7,10-13H,5,8-9,14-18H2,1H3. The molecule has 1 fully saturated rings. The molecule has 0 aliphatic carbocycles. The summed E-state index contributed by atoms with van der Waals surface area (Å²) in [5, 5.41) is 8.13. The number of nitrogens with zero attached hydrogens (tertiary/aromatic N) is 6. The largest absolute Gasteiger partial charge is 0.497 e. The van der Waals surface area contributed by atoms with Crippen molar-refractivity contribution in [3.05, 3.63) is 66.4 Å². The van der Waals surface area contributed by atoms with E-state index in [1.807, 2.05) is 59.5 Å². The molecule has 0 unspecified atom stereocenters. The van der Waals surface area contributed by atoms with Crippen LogP contribution in [0.3, 0.4) is 0 Å². The van der Waals surface area contributed by atoms with Crippen molar-refractivity contribution >= 4 is 5.91 Å². The quantitative estimate of drug-likeness (QED) is 0.350. The molecule has 1 aliphatic rings. The van der Waals surface area contributed by atoms with E-state index >= 15 is 0 Å². The lowest BCUT2D eigenvalue weighted by molar-refractivity contribution is -0.133. The second-order valence-electron chi connectivity index (χ2n) is 8.63. The van der Waals surface area contributed by atoms with Gasteiger partial charge in [0.25, 0.3) is 0 Å². The molecule has 10 heteroatoms. The Kier molecular flexibility index (Phi) is 7.32. The van der Waals surface area contributed by atoms with Crippen molar-refractivity contribution in [1.82, 2.24) is 30.1 Å². The summed E-state index contributed by atoms with van der Waals surface area (Å²) in [6.07, 6.45) is 1.71. The first-order valence-electron chi connectivity index (χ1n) is 12.0. The lowest BCUT2D eigenvalue weighted by Crippen LogP contribution is -2.48. The molecule has 2 aromatic carbocycles. The highest BCUT2D eigenvalue weighted by molar-refractivity contribution is 5.76. The van der Waals surface area contributed by atoms with Crippen LogP contribution in [-0.2, 0) is 17.8 Å². The molecule has 2 aromatic heterocycles. The van der Waals surface area contributed by atoms with Gasteiger partial charge < -0.3 is 18.7 Å². The van der Waals surface area contributed by atoms with Crippen molar-refractivity contribution in [3.63, 3.8) is 0 Å². The second-order valence-corrected chi connectivity index (χ2v) is 8.63. The van der Waals surface area contributed by atoms with Gasteiger partial charge in [-0.15, -0.1) is 0 Å². The molecule has 0 atom stereocenters. The molecule has 0 bridgehead atoms. The first-order valence-corrected chi connectivity index (χ1v) is 12.0. The Labute approximate surface area is 208 Å². The van der Waals surface area contributed by atoms with Gasteiger partial charge in [0.1, 0.15) is 5.75 Å². The van der Waals surface area contributed by atoms with E-state index in [4.69, 9.17) is 13.8 Å². The molecule has 4 aromatic rings. The first-order chi connectivity index (χ1) is 17.7. The Bertz CT molecular complexity index is 1260. The third-order valence-corrected chi connectivity index (χ3v) is 6.18. The van der Waals surface area contributed by atoms with Crippen LogP contribution in [0.15, 0.2) is 63.6 Å². The number of carbonyl (C=O) groups is 1. The van der Waals surface area contributed by atoms with Crippen LogP contribution < -0.4 is 4.74 Å². The number of rotatable bonds is 9. The fraction of sp³-hybridized carbons (Fsp3) is 0.346. The number of ether oxygens (including phenoxy) is 1. The van der Waals surface area contributed by atoms with Crippen molar-refractivity contribution in [2.75, 3.05) is 33.3 Å². The summed E-state index contributed by atoms with van der Waals surface area (Å²) >= 11 is 0. The third-order valence-electron chi connectivity index (χ3n) is 6.18. The van der Waals surface area contributed by atoms with Gasteiger partial charge in [0.15, 0.2) is 0 Å². The van der Waals surface area contributed by atoms with E-state index in [2.05, 4.69) is 25.2 Å². The van der Waals surface area contributed by atoms with Crippen molar-refractivity contribution in [3.8, 4) is 28.5 Å². The number of hydrogen-bond acceptors (Lipinski definition) is 9. The maximum absolute atomic E-state index is 12.7. The summed E-state index contributed by atoms with van der Waals surface area (Å²) in [5.74, 6) is 3.18. The number of carbonyl (C=O) groups excluding carboxylic acids is 1. The minimum atomic E-state index is 0.150. The van der Waals surface area contributed by atoms with Crippen molar-refractivity contribution in [2.24, 2.45) is 0 Å². The SMILES string of the molecule is COc1ccc(-c2noc(CN3CCN(C(=O)CCCc4nc(-c5ccccc5)no4)CC3)n2)cc1. The molecule has 1 saturated heterocycles. The molecule has 0 N–H and O–H groups in total. The number of aryl methyl sites for hydroxylation is 1. The molecular formula is C26H28N6O4. The maximum Gasteiger partial charge on any atom is 0.241 e. The Morgan fingerprint density at radius 2 is 1.50 bits per heavy atom. The number of benzene rings is 2. The Morgan fingerprint density at radius 3 is 2.19 bits per heavy atom. The predicted octanol–water partition coefficient (Wildman–Crippen LogP) is 3.46. The number of hydrogen-bond donors (Lipinski definition) is 0. The molecule has 10 nitrogen and oxygen atoms in total. The molecule has 0 spiro atoms. The van der Waals surface area contributed by atoms with Crippen LogP contribution in [0.2, 0.25) is 0 Å². The fourth-order valence-corrected chi connectivity index (χ4v) is 4.13. The normalized spacial score (nSPS) is 14.2. The van der Waals surface area contributed by atoms with Gasteiger partial charge in [-0.3, -0.25) is 9.69 Å². The minimum Gasteiger partial charge on any atom is -0.497 e. The summed E-state index contributed by atoms with van der Waals surface area (Å²) in [4.78, 5) is 25.8. The van der Waals surface area contributed by atoms with E-state index in [0.717, 1.165) is 30.0 Å². The fourth-order valence-electron chi connectivity index (χ4n) is 4.13. The Balaban J connectivity index is 1.04. The zero-order valence-corrected chi connectivity index (χ0v) is 20.2. The summed E-state index contributed by atoms with van der Waals surface area (Å²) in [6, 6.07) is 17.2. The zero-order valence-electron chi connectivity index (χ0n) is 20.2. The van der Waals surface area contributed by atoms with E-state index in [-0.39, 0.29) is 5.91 Å². The van der Waals surface area contributed by atoms with Crippen LogP contribution in [0.4, 0.5) is 0 Å². The predicted molar refractivity (Wildman–Crippen MR) is 131 cm³/mol. The maximum atomic E-state index is 12.7. The Hall–Kier alpha value is -4.05. The van der Waals surface area contributed by atoms with Crippen LogP contribution in [-0.4, -0.2) is 69.3 Å². The average Bonchev–Trinajstić information content (AvgIpc) is 3.60. The number of amides is 1. The molecule has 186 valence electrons. The van der Waals surface area contributed by atoms with Crippen molar-refractivity contribution < 1.29 is 18.6 Å². The summed E-state index contributed by atoms with van der Waals surface area (Å²) in [5.41, 5.74) is 1.79. The summed E-state index contributed by atoms with van der Waals surface area (Å²) in [6.45, 7) is 3.44. The number of aromatic nitrogens is 4. The molecule has 0 saturated carbocycles. The van der Waals surface area contributed by atoms with Crippen LogP contribution in [0.1, 0.15) is 24.6 Å². The molecule has 36 heavy (non-hydrogen) atoms. The van der Waals surface area contributed by atoms with E-state index in [1.165, 1.54) is 0 Å². The third kappa shape index (κ3) is 5.77. The van der Waals surface area contributed by atoms with Crippen LogP contribution in [0.25, 0.3) is 22.8 Å². The van der Waals surface area contributed by atoms with Crippen LogP contribution in [0.5, 0.6) is 5.75 Å². The first kappa shape index (κ1) is 23.7. The number of piperazine rings is 1. The smallest absolute Gasteiger partial charge is 0.241 e. The van der Waals surface area contributed by atoms with Crippen molar-refractivity contribution in [2.45, 2.75) is 25.8 Å². The van der Waals surface area contributed by atoms with Gasteiger partial charge >= 0.3 is 0 Å². The zero-order chi connectivity index (χ0) is 24.7. The van der Waals surface area contributed by atoms with Crippen molar-refractivity contribution in [1.29, 1.82) is 0 Å². The van der Waals surface area contributed by atoms with E-state index < -0.39 is 0 Å². The highest BCUT2D eigenvalue weighted by Gasteiger charge is 2.22. The molecule has 5 rings (SSSR count).